The number of aromatic hydroxyl groups is 1. The second-order valence-electron chi connectivity index (χ2n) is 2.49. The number of rotatable bonds is 2. The first-order valence-corrected chi connectivity index (χ1v) is 4.16. The molecule has 1 aromatic rings. The van der Waals surface area contributed by atoms with Gasteiger partial charge in [0.05, 0.1) is 17.0 Å². The fourth-order valence-corrected chi connectivity index (χ4v) is 1.09. The van der Waals surface area contributed by atoms with Gasteiger partial charge in [-0.05, 0) is 12.1 Å². The van der Waals surface area contributed by atoms with Crippen molar-refractivity contribution in [2.24, 2.45) is 0 Å². The van der Waals surface area contributed by atoms with Crippen LogP contribution >= 0.6 is 11.6 Å². The van der Waals surface area contributed by atoms with E-state index in [1.807, 2.05) is 0 Å². The SMILES string of the molecule is N#Cc1ccc(C(=O)CCl)c(F)c1O. The standard InChI is InChI=1S/C9H5ClFNO2/c10-3-7(13)6-2-1-5(4-12)9(14)8(6)11/h1-2,14H,3H2. The molecule has 0 amide bonds. The van der Waals surface area contributed by atoms with Crippen molar-refractivity contribution in [3.8, 4) is 11.8 Å². The molecule has 0 aliphatic carbocycles. The van der Waals surface area contributed by atoms with Crippen molar-refractivity contribution in [3.63, 3.8) is 0 Å². The molecule has 0 atom stereocenters. The van der Waals surface area contributed by atoms with Crippen LogP contribution in [0.15, 0.2) is 12.1 Å². The minimum atomic E-state index is -1.10. The predicted octanol–water partition coefficient (Wildman–Crippen LogP) is 1.82. The maximum Gasteiger partial charge on any atom is 0.180 e. The zero-order valence-electron chi connectivity index (χ0n) is 6.92. The summed E-state index contributed by atoms with van der Waals surface area (Å²) in [4.78, 5) is 11.0. The molecule has 0 aliphatic rings. The number of alkyl halides is 1. The minimum absolute atomic E-state index is 0.214. The lowest BCUT2D eigenvalue weighted by Crippen LogP contribution is -2.04. The number of carbonyl (C=O) groups excluding carboxylic acids is 1. The Labute approximate surface area is 84.3 Å². The number of halogens is 2. The number of nitriles is 1. The molecule has 1 aromatic carbocycles. The van der Waals surface area contributed by atoms with E-state index in [2.05, 4.69) is 0 Å². The summed E-state index contributed by atoms with van der Waals surface area (Å²) >= 11 is 5.22. The molecule has 1 N–H and O–H groups in total. The summed E-state index contributed by atoms with van der Waals surface area (Å²) in [5.74, 6) is -2.93. The highest BCUT2D eigenvalue weighted by Gasteiger charge is 2.16. The summed E-state index contributed by atoms with van der Waals surface area (Å²) in [5, 5.41) is 17.6. The molecule has 0 saturated heterocycles. The smallest absolute Gasteiger partial charge is 0.180 e. The molecule has 0 radical (unpaired) electrons. The summed E-state index contributed by atoms with van der Waals surface area (Å²) in [7, 11) is 0. The number of ketones is 1. The van der Waals surface area contributed by atoms with Crippen molar-refractivity contribution in [2.45, 2.75) is 0 Å². The van der Waals surface area contributed by atoms with Crippen LogP contribution in [0.5, 0.6) is 5.75 Å². The van der Waals surface area contributed by atoms with Gasteiger partial charge in [-0.1, -0.05) is 0 Å². The first-order valence-electron chi connectivity index (χ1n) is 3.62. The van der Waals surface area contributed by atoms with Gasteiger partial charge in [0, 0.05) is 0 Å². The Kier molecular flexibility index (Phi) is 3.05. The second kappa shape index (κ2) is 4.07. The van der Waals surface area contributed by atoms with E-state index in [9.17, 15) is 9.18 Å². The van der Waals surface area contributed by atoms with E-state index < -0.39 is 17.3 Å². The van der Waals surface area contributed by atoms with Crippen LogP contribution in [-0.4, -0.2) is 16.8 Å². The van der Waals surface area contributed by atoms with E-state index >= 15 is 0 Å². The van der Waals surface area contributed by atoms with Crippen LogP contribution in [0.1, 0.15) is 15.9 Å². The number of hydrogen-bond acceptors (Lipinski definition) is 3. The lowest BCUT2D eigenvalue weighted by atomic mass is 10.1. The third-order valence-electron chi connectivity index (χ3n) is 1.66. The van der Waals surface area contributed by atoms with Gasteiger partial charge in [-0.3, -0.25) is 4.79 Å². The third kappa shape index (κ3) is 1.68. The van der Waals surface area contributed by atoms with Crippen LogP contribution in [-0.2, 0) is 0 Å². The van der Waals surface area contributed by atoms with Crippen molar-refractivity contribution in [1.82, 2.24) is 0 Å². The molecule has 0 aromatic heterocycles. The Morgan fingerprint density at radius 3 is 2.79 bits per heavy atom. The van der Waals surface area contributed by atoms with Crippen LogP contribution in [0.3, 0.4) is 0 Å². The zero-order valence-corrected chi connectivity index (χ0v) is 7.68. The maximum absolute atomic E-state index is 13.2. The molecular weight excluding hydrogens is 209 g/mol. The Morgan fingerprint density at radius 1 is 1.64 bits per heavy atom. The van der Waals surface area contributed by atoms with Gasteiger partial charge in [-0.25, -0.2) is 4.39 Å². The lowest BCUT2D eigenvalue weighted by molar-refractivity contribution is 0.101. The third-order valence-corrected chi connectivity index (χ3v) is 1.90. The summed E-state index contributed by atoms with van der Waals surface area (Å²) in [5.41, 5.74) is -0.523. The number of Topliss-reactive ketones (excluding diaryl/α,β-unsaturated/α-hetero) is 1. The van der Waals surface area contributed by atoms with Gasteiger partial charge in [0.2, 0.25) is 0 Å². The molecule has 0 fully saturated rings. The van der Waals surface area contributed by atoms with Gasteiger partial charge in [0.1, 0.15) is 6.07 Å². The van der Waals surface area contributed by atoms with Crippen LogP contribution < -0.4 is 0 Å². The van der Waals surface area contributed by atoms with Gasteiger partial charge in [-0.2, -0.15) is 5.26 Å². The number of phenolic OH excluding ortho intramolecular Hbond substituents is 1. The van der Waals surface area contributed by atoms with E-state index in [1.54, 1.807) is 6.07 Å². The zero-order chi connectivity index (χ0) is 10.7. The molecule has 0 spiro atoms. The van der Waals surface area contributed by atoms with Gasteiger partial charge in [0.25, 0.3) is 0 Å². The molecule has 0 bridgehead atoms. The van der Waals surface area contributed by atoms with E-state index in [0.717, 1.165) is 12.1 Å². The molecule has 3 nitrogen and oxygen atoms in total. The summed E-state index contributed by atoms with van der Waals surface area (Å²) in [6.45, 7) is 0. The average molecular weight is 214 g/mol. The molecule has 1 rings (SSSR count). The molecule has 0 saturated carbocycles. The van der Waals surface area contributed by atoms with E-state index in [4.69, 9.17) is 22.0 Å². The number of hydrogen-bond donors (Lipinski definition) is 1. The predicted molar refractivity (Wildman–Crippen MR) is 47.8 cm³/mol. The van der Waals surface area contributed by atoms with E-state index in [1.165, 1.54) is 0 Å². The summed E-state index contributed by atoms with van der Waals surface area (Å²) in [6, 6.07) is 3.87. The topological polar surface area (TPSA) is 61.1 Å². The number of nitrogens with zero attached hydrogens (tertiary/aromatic N) is 1. The average Bonchev–Trinajstić information content (AvgIpc) is 2.21. The maximum atomic E-state index is 13.2. The van der Waals surface area contributed by atoms with E-state index in [0.29, 0.717) is 0 Å². The van der Waals surface area contributed by atoms with Crippen LogP contribution in [0.2, 0.25) is 0 Å². The Bertz CT molecular complexity index is 426. The van der Waals surface area contributed by atoms with Gasteiger partial charge in [-0.15, -0.1) is 11.6 Å². The van der Waals surface area contributed by atoms with Gasteiger partial charge in [0.15, 0.2) is 17.3 Å². The van der Waals surface area contributed by atoms with Crippen LogP contribution in [0, 0.1) is 17.1 Å². The number of carbonyl (C=O) groups is 1. The fourth-order valence-electron chi connectivity index (χ4n) is 0.942. The van der Waals surface area contributed by atoms with Gasteiger partial charge >= 0.3 is 0 Å². The molecule has 0 aliphatic heterocycles. The van der Waals surface area contributed by atoms with E-state index in [-0.39, 0.29) is 17.0 Å². The Balaban J connectivity index is 3.33. The molecule has 0 heterocycles. The minimum Gasteiger partial charge on any atom is -0.504 e. The van der Waals surface area contributed by atoms with Crippen molar-refractivity contribution in [2.75, 3.05) is 5.88 Å². The second-order valence-corrected chi connectivity index (χ2v) is 2.76. The largest absolute Gasteiger partial charge is 0.504 e. The highest BCUT2D eigenvalue weighted by Crippen LogP contribution is 2.24. The van der Waals surface area contributed by atoms with Crippen LogP contribution in [0.25, 0.3) is 0 Å². The quantitative estimate of drug-likeness (QED) is 0.602. The van der Waals surface area contributed by atoms with Crippen molar-refractivity contribution in [3.05, 3.63) is 29.1 Å². The first-order chi connectivity index (χ1) is 6.61. The molecular formula is C9H5ClFNO2. The van der Waals surface area contributed by atoms with Crippen molar-refractivity contribution < 1.29 is 14.3 Å². The fraction of sp³-hybridized carbons (Fsp3) is 0.111. The highest BCUT2D eigenvalue weighted by molar-refractivity contribution is 6.30. The highest BCUT2D eigenvalue weighted by atomic mass is 35.5. The number of benzene rings is 1. The Hall–Kier alpha value is -1.60. The lowest BCUT2D eigenvalue weighted by Gasteiger charge is -2.02. The normalized spacial score (nSPS) is 9.50. The van der Waals surface area contributed by atoms with Crippen molar-refractivity contribution in [1.29, 1.82) is 5.26 Å². The number of phenols is 1. The molecule has 5 heteroatoms. The summed E-state index contributed by atoms with van der Waals surface area (Å²) in [6.07, 6.45) is 0. The molecule has 14 heavy (non-hydrogen) atoms. The molecule has 0 unspecified atom stereocenters. The first kappa shape index (κ1) is 10.5. The molecule has 72 valence electrons. The summed E-state index contributed by atoms with van der Waals surface area (Å²) < 4.78 is 13.2. The van der Waals surface area contributed by atoms with Crippen LogP contribution in [0.4, 0.5) is 4.39 Å². The Morgan fingerprint density at radius 2 is 2.29 bits per heavy atom. The van der Waals surface area contributed by atoms with Gasteiger partial charge < -0.3 is 5.11 Å². The van der Waals surface area contributed by atoms with Crippen molar-refractivity contribution >= 4 is 17.4 Å². The monoisotopic (exact) mass is 213 g/mol.